The van der Waals surface area contributed by atoms with Crippen molar-refractivity contribution in [3.63, 3.8) is 0 Å². The van der Waals surface area contributed by atoms with Crippen LogP contribution in [-0.4, -0.2) is 54.1 Å². The molecule has 0 saturated carbocycles. The summed E-state index contributed by atoms with van der Waals surface area (Å²) in [6.07, 6.45) is 0.854. The van der Waals surface area contributed by atoms with Crippen molar-refractivity contribution >= 4 is 11.9 Å². The molecule has 0 unspecified atom stereocenters. The van der Waals surface area contributed by atoms with Crippen LogP contribution in [0.25, 0.3) is 0 Å². The van der Waals surface area contributed by atoms with Crippen LogP contribution in [-0.2, 0) is 0 Å². The molecule has 3 N–H and O–H groups in total. The fourth-order valence-corrected chi connectivity index (χ4v) is 1.99. The zero-order valence-electron chi connectivity index (χ0n) is 11.8. The van der Waals surface area contributed by atoms with Crippen molar-refractivity contribution in [2.24, 2.45) is 0 Å². The van der Waals surface area contributed by atoms with Crippen molar-refractivity contribution in [1.82, 2.24) is 15.2 Å². The first kappa shape index (κ1) is 15.2. The molecule has 1 heterocycles. The van der Waals surface area contributed by atoms with E-state index >= 15 is 0 Å². The third-order valence-corrected chi connectivity index (χ3v) is 2.95. The highest BCUT2D eigenvalue weighted by Crippen LogP contribution is 2.17. The molecule has 0 aliphatic rings. The van der Waals surface area contributed by atoms with E-state index in [4.69, 9.17) is 5.11 Å². The second kappa shape index (κ2) is 6.38. The Balaban J connectivity index is 2.70. The Labute approximate surface area is 112 Å². The maximum Gasteiger partial charge on any atom is 0.352 e. The molecule has 1 amide bonds. The lowest BCUT2D eigenvalue weighted by molar-refractivity contribution is 0.0690. The highest BCUT2D eigenvalue weighted by Gasteiger charge is 2.21. The summed E-state index contributed by atoms with van der Waals surface area (Å²) in [5.74, 6) is -1.27. The van der Waals surface area contributed by atoms with Gasteiger partial charge in [0.15, 0.2) is 0 Å². The van der Waals surface area contributed by atoms with Crippen LogP contribution in [0.5, 0.6) is 0 Å². The Hall–Kier alpha value is -1.82. The molecule has 0 spiro atoms. The van der Waals surface area contributed by atoms with Gasteiger partial charge in [-0.1, -0.05) is 0 Å². The van der Waals surface area contributed by atoms with Crippen molar-refractivity contribution in [1.29, 1.82) is 0 Å². The van der Waals surface area contributed by atoms with Crippen molar-refractivity contribution in [3.05, 3.63) is 22.5 Å². The van der Waals surface area contributed by atoms with Crippen LogP contribution in [0.1, 0.15) is 38.5 Å². The summed E-state index contributed by atoms with van der Waals surface area (Å²) in [7, 11) is 3.95. The summed E-state index contributed by atoms with van der Waals surface area (Å²) in [5.41, 5.74) is 1.58. The Kier molecular flexibility index (Phi) is 5.11. The molecule has 6 nitrogen and oxygen atoms in total. The third-order valence-electron chi connectivity index (χ3n) is 2.95. The fraction of sp³-hybridized carbons (Fsp3) is 0.538. The van der Waals surface area contributed by atoms with Crippen molar-refractivity contribution in [3.8, 4) is 0 Å². The van der Waals surface area contributed by atoms with Gasteiger partial charge in [-0.15, -0.1) is 0 Å². The number of carbonyl (C=O) groups excluding carboxylic acids is 1. The molecule has 0 saturated heterocycles. The molecule has 0 aliphatic carbocycles. The van der Waals surface area contributed by atoms with Gasteiger partial charge in [-0.2, -0.15) is 0 Å². The first-order chi connectivity index (χ1) is 8.84. The highest BCUT2D eigenvalue weighted by atomic mass is 16.4. The molecule has 0 atom stereocenters. The number of hydrogen-bond donors (Lipinski definition) is 3. The number of rotatable bonds is 6. The Morgan fingerprint density at radius 1 is 1.32 bits per heavy atom. The number of carbonyl (C=O) groups is 2. The number of carboxylic acids is 1. The van der Waals surface area contributed by atoms with E-state index in [1.807, 2.05) is 19.0 Å². The topological polar surface area (TPSA) is 85.4 Å². The van der Waals surface area contributed by atoms with E-state index in [9.17, 15) is 9.59 Å². The molecule has 1 aromatic heterocycles. The lowest BCUT2D eigenvalue weighted by Crippen LogP contribution is -2.27. The number of aromatic amines is 1. The number of H-pyrrole nitrogens is 1. The van der Waals surface area contributed by atoms with Gasteiger partial charge in [-0.05, 0) is 46.5 Å². The summed E-state index contributed by atoms with van der Waals surface area (Å²) < 4.78 is 0. The SMILES string of the molecule is Cc1[nH]c(C(=O)O)c(C)c1C(=O)NCCCN(C)C. The highest BCUT2D eigenvalue weighted by molar-refractivity contribution is 6.00. The standard InChI is InChI=1S/C13H21N3O3/c1-8-10(9(2)15-11(8)13(18)19)12(17)14-6-5-7-16(3)4/h15H,5-7H2,1-4H3,(H,14,17)(H,18,19). The van der Waals surface area contributed by atoms with Crippen molar-refractivity contribution in [2.75, 3.05) is 27.2 Å². The van der Waals surface area contributed by atoms with Gasteiger partial charge in [0.05, 0.1) is 5.56 Å². The molecule has 0 aromatic carbocycles. The van der Waals surface area contributed by atoms with E-state index in [0.717, 1.165) is 13.0 Å². The molecule has 0 radical (unpaired) electrons. The minimum atomic E-state index is -1.05. The molecule has 106 valence electrons. The molecular weight excluding hydrogens is 246 g/mol. The summed E-state index contributed by atoms with van der Waals surface area (Å²) in [6, 6.07) is 0. The number of carboxylic acid groups (broad SMARTS) is 1. The van der Waals surface area contributed by atoms with Crippen molar-refractivity contribution in [2.45, 2.75) is 20.3 Å². The van der Waals surface area contributed by atoms with Crippen LogP contribution in [0, 0.1) is 13.8 Å². The zero-order chi connectivity index (χ0) is 14.6. The molecule has 1 rings (SSSR count). The average Bonchev–Trinajstić information content (AvgIpc) is 2.60. The van der Waals surface area contributed by atoms with E-state index in [1.165, 1.54) is 0 Å². The minimum absolute atomic E-state index is 0.0796. The maximum absolute atomic E-state index is 12.0. The van der Waals surface area contributed by atoms with E-state index in [1.54, 1.807) is 13.8 Å². The van der Waals surface area contributed by atoms with Gasteiger partial charge in [0, 0.05) is 12.2 Å². The van der Waals surface area contributed by atoms with Crippen LogP contribution in [0.15, 0.2) is 0 Å². The van der Waals surface area contributed by atoms with E-state index in [-0.39, 0.29) is 11.6 Å². The number of aryl methyl sites for hydroxylation is 1. The van der Waals surface area contributed by atoms with Gasteiger partial charge in [0.1, 0.15) is 5.69 Å². The number of nitrogens with zero attached hydrogens (tertiary/aromatic N) is 1. The van der Waals surface area contributed by atoms with Crippen molar-refractivity contribution < 1.29 is 14.7 Å². The van der Waals surface area contributed by atoms with Gasteiger partial charge in [0.25, 0.3) is 5.91 Å². The minimum Gasteiger partial charge on any atom is -0.477 e. The van der Waals surface area contributed by atoms with Gasteiger partial charge in [-0.3, -0.25) is 4.79 Å². The summed E-state index contributed by atoms with van der Waals surface area (Å²) >= 11 is 0. The van der Waals surface area contributed by atoms with Crippen LogP contribution in [0.3, 0.4) is 0 Å². The van der Waals surface area contributed by atoms with Crippen LogP contribution >= 0.6 is 0 Å². The fourth-order valence-electron chi connectivity index (χ4n) is 1.99. The number of aromatic carboxylic acids is 1. The summed E-state index contributed by atoms with van der Waals surface area (Å²) in [4.78, 5) is 27.8. The first-order valence-electron chi connectivity index (χ1n) is 6.20. The molecule has 6 heteroatoms. The van der Waals surface area contributed by atoms with E-state index in [2.05, 4.69) is 10.3 Å². The molecule has 0 aliphatic heterocycles. The first-order valence-corrected chi connectivity index (χ1v) is 6.20. The number of hydrogen-bond acceptors (Lipinski definition) is 3. The largest absolute Gasteiger partial charge is 0.477 e. The Morgan fingerprint density at radius 3 is 2.42 bits per heavy atom. The number of aromatic nitrogens is 1. The summed E-state index contributed by atoms with van der Waals surface area (Å²) in [6.45, 7) is 4.81. The maximum atomic E-state index is 12.0. The quantitative estimate of drug-likeness (QED) is 0.671. The lowest BCUT2D eigenvalue weighted by Gasteiger charge is -2.10. The van der Waals surface area contributed by atoms with Gasteiger partial charge >= 0.3 is 5.97 Å². The van der Waals surface area contributed by atoms with E-state index < -0.39 is 5.97 Å². The Bertz CT molecular complexity index is 478. The second-order valence-electron chi connectivity index (χ2n) is 4.84. The van der Waals surface area contributed by atoms with Crippen LogP contribution < -0.4 is 5.32 Å². The summed E-state index contributed by atoms with van der Waals surface area (Å²) in [5, 5.41) is 11.8. The normalized spacial score (nSPS) is 10.8. The number of amides is 1. The smallest absolute Gasteiger partial charge is 0.352 e. The molecule has 0 bridgehead atoms. The van der Waals surface area contributed by atoms with Gasteiger partial charge in [-0.25, -0.2) is 4.79 Å². The molecule has 0 fully saturated rings. The van der Waals surface area contributed by atoms with Crippen LogP contribution in [0.4, 0.5) is 0 Å². The lowest BCUT2D eigenvalue weighted by atomic mass is 10.1. The Morgan fingerprint density at radius 2 is 1.95 bits per heavy atom. The van der Waals surface area contributed by atoms with Gasteiger partial charge < -0.3 is 20.3 Å². The molecule has 1 aromatic rings. The van der Waals surface area contributed by atoms with Gasteiger partial charge in [0.2, 0.25) is 0 Å². The van der Waals surface area contributed by atoms with Crippen LogP contribution in [0.2, 0.25) is 0 Å². The molecule has 19 heavy (non-hydrogen) atoms. The number of nitrogens with one attached hydrogen (secondary N) is 2. The van der Waals surface area contributed by atoms with E-state index in [0.29, 0.717) is 23.4 Å². The molecular formula is C13H21N3O3. The third kappa shape index (κ3) is 3.82. The zero-order valence-corrected chi connectivity index (χ0v) is 11.8. The second-order valence-corrected chi connectivity index (χ2v) is 4.84. The monoisotopic (exact) mass is 267 g/mol. The average molecular weight is 267 g/mol. The predicted molar refractivity (Wildman–Crippen MR) is 72.7 cm³/mol. The predicted octanol–water partition coefficient (Wildman–Crippen LogP) is 1.01.